The Labute approximate surface area is 55.8 Å². The minimum absolute atomic E-state index is 1.16. The summed E-state index contributed by atoms with van der Waals surface area (Å²) in [6, 6.07) is 0. The summed E-state index contributed by atoms with van der Waals surface area (Å²) in [5.41, 5.74) is 0. The highest BCUT2D eigenvalue weighted by Crippen LogP contribution is 2.10. The number of hydrogen-bond donors (Lipinski definition) is 0. The van der Waals surface area contributed by atoms with Crippen molar-refractivity contribution in [2.24, 2.45) is 0 Å². The zero-order valence-corrected chi connectivity index (χ0v) is 5.88. The fourth-order valence-electron chi connectivity index (χ4n) is 1.67. The topological polar surface area (TPSA) is 9.72 Å². The van der Waals surface area contributed by atoms with Gasteiger partial charge in [-0.3, -0.25) is 14.7 Å². The highest BCUT2D eigenvalue weighted by atomic mass is 15.5. The van der Waals surface area contributed by atoms with E-state index < -0.39 is 0 Å². The molecule has 0 N–H and O–H groups in total. The zero-order chi connectivity index (χ0) is 6.27. The van der Waals surface area contributed by atoms with Crippen molar-refractivity contribution in [1.82, 2.24) is 14.7 Å². The summed E-state index contributed by atoms with van der Waals surface area (Å²) in [6.07, 6.45) is 0. The molecule has 0 radical (unpaired) electrons. The maximum absolute atomic E-state index is 2.46. The van der Waals surface area contributed by atoms with Crippen molar-refractivity contribution in [3.8, 4) is 0 Å². The van der Waals surface area contributed by atoms with Gasteiger partial charge in [0.25, 0.3) is 0 Å². The summed E-state index contributed by atoms with van der Waals surface area (Å²) in [5.74, 6) is 0. The molecule has 2 atom stereocenters. The Morgan fingerprint density at radius 3 is 2.00 bits per heavy atom. The molecule has 2 aliphatic heterocycles. The van der Waals surface area contributed by atoms with E-state index in [1.54, 1.807) is 0 Å². The summed E-state index contributed by atoms with van der Waals surface area (Å²) in [6.45, 7) is 6.06. The van der Waals surface area contributed by atoms with Gasteiger partial charge < -0.3 is 0 Å². The van der Waals surface area contributed by atoms with E-state index in [9.17, 15) is 0 Å². The van der Waals surface area contributed by atoms with Gasteiger partial charge in [-0.15, -0.1) is 0 Å². The van der Waals surface area contributed by atoms with Gasteiger partial charge >= 0.3 is 0 Å². The molecule has 0 aliphatic carbocycles. The minimum atomic E-state index is 1.16. The molecule has 52 valence electrons. The summed E-state index contributed by atoms with van der Waals surface area (Å²) in [4.78, 5) is 7.27. The van der Waals surface area contributed by atoms with E-state index >= 15 is 0 Å². The SMILES string of the molecule is CN1CN2CCN(C1)C2. The van der Waals surface area contributed by atoms with Crippen LogP contribution in [0.15, 0.2) is 0 Å². The van der Waals surface area contributed by atoms with Crippen LogP contribution in [0.1, 0.15) is 0 Å². The Kier molecular flexibility index (Phi) is 1.22. The number of hydrogen-bond acceptors (Lipinski definition) is 3. The fraction of sp³-hybridized carbons (Fsp3) is 1.00. The molecule has 2 aliphatic rings. The smallest absolute Gasteiger partial charge is 0.0531 e. The Morgan fingerprint density at radius 2 is 1.44 bits per heavy atom. The van der Waals surface area contributed by atoms with Crippen LogP contribution in [0.3, 0.4) is 0 Å². The second kappa shape index (κ2) is 1.94. The molecule has 0 aromatic heterocycles. The lowest BCUT2D eigenvalue weighted by Gasteiger charge is -2.31. The third-order valence-electron chi connectivity index (χ3n) is 2.02. The first-order valence-corrected chi connectivity index (χ1v) is 3.48. The van der Waals surface area contributed by atoms with Gasteiger partial charge in [0.2, 0.25) is 0 Å². The van der Waals surface area contributed by atoms with E-state index in [0.29, 0.717) is 0 Å². The monoisotopic (exact) mass is 127 g/mol. The lowest BCUT2D eigenvalue weighted by atomic mass is 10.6. The second-order valence-electron chi connectivity index (χ2n) is 3.07. The van der Waals surface area contributed by atoms with Crippen LogP contribution in [-0.4, -0.2) is 54.8 Å². The van der Waals surface area contributed by atoms with Crippen molar-refractivity contribution >= 4 is 0 Å². The third kappa shape index (κ3) is 0.956. The van der Waals surface area contributed by atoms with Gasteiger partial charge in [-0.2, -0.15) is 0 Å². The summed E-state index contributed by atoms with van der Waals surface area (Å²) < 4.78 is 0. The van der Waals surface area contributed by atoms with Gasteiger partial charge in [0.1, 0.15) is 0 Å². The molecule has 3 nitrogen and oxygen atoms in total. The van der Waals surface area contributed by atoms with Crippen LogP contribution in [0.5, 0.6) is 0 Å². The first kappa shape index (κ1) is 5.65. The molecule has 2 heterocycles. The van der Waals surface area contributed by atoms with E-state index in [1.807, 2.05) is 0 Å². The molecule has 2 bridgehead atoms. The third-order valence-corrected chi connectivity index (χ3v) is 2.02. The summed E-state index contributed by atoms with van der Waals surface area (Å²) in [7, 11) is 2.17. The van der Waals surface area contributed by atoms with Crippen molar-refractivity contribution in [2.45, 2.75) is 0 Å². The number of rotatable bonds is 0. The van der Waals surface area contributed by atoms with E-state index in [0.717, 1.165) is 13.3 Å². The van der Waals surface area contributed by atoms with Crippen molar-refractivity contribution in [1.29, 1.82) is 0 Å². The van der Waals surface area contributed by atoms with Gasteiger partial charge in [-0.1, -0.05) is 0 Å². The number of nitrogens with zero attached hydrogens (tertiary/aromatic N) is 3. The molecule has 3 heteroatoms. The van der Waals surface area contributed by atoms with E-state index in [1.165, 1.54) is 19.8 Å². The van der Waals surface area contributed by atoms with Crippen molar-refractivity contribution in [2.75, 3.05) is 40.1 Å². The molecule has 0 spiro atoms. The average molecular weight is 127 g/mol. The molecule has 2 unspecified atom stereocenters. The highest BCUT2D eigenvalue weighted by Gasteiger charge is 2.26. The quantitative estimate of drug-likeness (QED) is 0.431. The first-order valence-electron chi connectivity index (χ1n) is 3.48. The summed E-state index contributed by atoms with van der Waals surface area (Å²) in [5, 5.41) is 0. The Hall–Kier alpha value is -0.120. The van der Waals surface area contributed by atoms with Crippen LogP contribution in [0.25, 0.3) is 0 Å². The minimum Gasteiger partial charge on any atom is -0.280 e. The molecular weight excluding hydrogens is 114 g/mol. The van der Waals surface area contributed by atoms with Crippen molar-refractivity contribution in [3.63, 3.8) is 0 Å². The van der Waals surface area contributed by atoms with Crippen LogP contribution in [-0.2, 0) is 0 Å². The summed E-state index contributed by atoms with van der Waals surface area (Å²) >= 11 is 0. The molecule has 2 saturated heterocycles. The van der Waals surface area contributed by atoms with Crippen LogP contribution in [0, 0.1) is 0 Å². The lowest BCUT2D eigenvalue weighted by molar-refractivity contribution is 0.0534. The molecule has 0 aromatic carbocycles. The average Bonchev–Trinajstić information content (AvgIpc) is 2.11. The van der Waals surface area contributed by atoms with E-state index in [4.69, 9.17) is 0 Å². The van der Waals surface area contributed by atoms with Crippen molar-refractivity contribution in [3.05, 3.63) is 0 Å². The molecule has 9 heavy (non-hydrogen) atoms. The van der Waals surface area contributed by atoms with Gasteiger partial charge in [0.15, 0.2) is 0 Å². The first-order chi connectivity index (χ1) is 4.34. The van der Waals surface area contributed by atoms with Gasteiger partial charge in [-0.25, -0.2) is 0 Å². The van der Waals surface area contributed by atoms with Gasteiger partial charge in [-0.05, 0) is 7.05 Å². The largest absolute Gasteiger partial charge is 0.280 e. The van der Waals surface area contributed by atoms with Gasteiger partial charge in [0.05, 0.1) is 20.0 Å². The second-order valence-corrected chi connectivity index (χ2v) is 3.07. The standard InChI is InChI=1S/C6H13N3/c1-7-4-8-2-3-9(5-7)6-8/h2-6H2,1H3. The highest BCUT2D eigenvalue weighted by molar-refractivity contribution is 4.74. The zero-order valence-electron chi connectivity index (χ0n) is 5.88. The van der Waals surface area contributed by atoms with Crippen molar-refractivity contribution < 1.29 is 0 Å². The Bertz CT molecular complexity index is 103. The molecule has 0 amide bonds. The van der Waals surface area contributed by atoms with E-state index in [-0.39, 0.29) is 0 Å². The van der Waals surface area contributed by atoms with E-state index in [2.05, 4.69) is 21.7 Å². The van der Waals surface area contributed by atoms with Crippen LogP contribution < -0.4 is 0 Å². The van der Waals surface area contributed by atoms with Crippen LogP contribution >= 0.6 is 0 Å². The normalized spacial score (nSPS) is 43.7. The molecule has 0 aromatic rings. The van der Waals surface area contributed by atoms with Crippen LogP contribution in [0.4, 0.5) is 0 Å². The predicted octanol–water partition coefficient (Wildman–Crippen LogP) is -0.578. The molecule has 2 rings (SSSR count). The Morgan fingerprint density at radius 1 is 0.889 bits per heavy atom. The van der Waals surface area contributed by atoms with Crippen LogP contribution in [0.2, 0.25) is 0 Å². The molecule has 0 saturated carbocycles. The van der Waals surface area contributed by atoms with Gasteiger partial charge in [0, 0.05) is 13.1 Å². The molecular formula is C6H13N3. The molecule has 2 fully saturated rings. The fourth-order valence-corrected chi connectivity index (χ4v) is 1.67. The predicted molar refractivity (Wildman–Crippen MR) is 35.8 cm³/mol. The maximum atomic E-state index is 2.46. The lowest BCUT2D eigenvalue weighted by Crippen LogP contribution is -2.45. The maximum Gasteiger partial charge on any atom is 0.0531 e. The number of fused-ring (bicyclic) bond motifs is 2. The Balaban J connectivity index is 2.03.